The van der Waals surface area contributed by atoms with Crippen LogP contribution in [-0.2, 0) is 4.79 Å². The van der Waals surface area contributed by atoms with E-state index in [1.54, 1.807) is 43.3 Å². The van der Waals surface area contributed by atoms with E-state index in [9.17, 15) is 14.9 Å². The first-order valence-corrected chi connectivity index (χ1v) is 8.68. The van der Waals surface area contributed by atoms with Crippen LogP contribution in [0, 0.1) is 17.2 Å². The van der Waals surface area contributed by atoms with Gasteiger partial charge in [0.2, 0.25) is 5.91 Å². The zero-order valence-corrected chi connectivity index (χ0v) is 14.7. The molecule has 2 aromatic carbocycles. The van der Waals surface area contributed by atoms with E-state index in [1.165, 1.54) is 0 Å². The number of amides is 1. The summed E-state index contributed by atoms with van der Waals surface area (Å²) in [5.41, 5.74) is 1.06. The molecule has 132 valence electrons. The van der Waals surface area contributed by atoms with Crippen LogP contribution in [0.3, 0.4) is 0 Å². The number of hydrogen-bond donors (Lipinski definition) is 2. The predicted octanol–water partition coefficient (Wildman–Crippen LogP) is 3.14. The second-order valence-electron chi connectivity index (χ2n) is 6.77. The summed E-state index contributed by atoms with van der Waals surface area (Å²) in [5.74, 6) is -0.0616. The molecule has 26 heavy (non-hydrogen) atoms. The molecule has 1 aliphatic carbocycles. The lowest BCUT2D eigenvalue weighted by molar-refractivity contribution is -0.120. The van der Waals surface area contributed by atoms with Gasteiger partial charge in [-0.2, -0.15) is 5.26 Å². The Morgan fingerprint density at radius 2 is 1.81 bits per heavy atom. The molecule has 0 heterocycles. The Balaban J connectivity index is 1.61. The summed E-state index contributed by atoms with van der Waals surface area (Å²) in [6.07, 6.45) is 1.95. The van der Waals surface area contributed by atoms with Crippen molar-refractivity contribution >= 4 is 17.4 Å². The number of carbonyl (C=O) groups excluding carboxylic acids is 2. The van der Waals surface area contributed by atoms with E-state index in [1.807, 2.05) is 18.2 Å². The van der Waals surface area contributed by atoms with Crippen LogP contribution >= 0.6 is 0 Å². The maximum atomic E-state index is 12.5. The highest BCUT2D eigenvalue weighted by molar-refractivity contribution is 6.09. The normalized spacial score (nSPS) is 15.4. The van der Waals surface area contributed by atoms with Crippen molar-refractivity contribution < 1.29 is 9.59 Å². The van der Waals surface area contributed by atoms with Crippen molar-refractivity contribution in [1.82, 2.24) is 5.32 Å². The van der Waals surface area contributed by atoms with Crippen LogP contribution in [0.4, 0.5) is 5.69 Å². The molecule has 1 atom stereocenters. The maximum Gasteiger partial charge on any atom is 0.240 e. The minimum atomic E-state index is -0.802. The Labute approximate surface area is 153 Å². The topological polar surface area (TPSA) is 82.0 Å². The minimum Gasteiger partial charge on any atom is -0.376 e. The number of hydrogen-bond acceptors (Lipinski definition) is 4. The van der Waals surface area contributed by atoms with E-state index < -0.39 is 5.54 Å². The smallest absolute Gasteiger partial charge is 0.240 e. The third-order valence-electron chi connectivity index (χ3n) is 4.64. The summed E-state index contributed by atoms with van der Waals surface area (Å²) in [5, 5.41) is 15.1. The molecule has 0 radical (unpaired) electrons. The average Bonchev–Trinajstić information content (AvgIpc) is 3.52. The highest BCUT2D eigenvalue weighted by Crippen LogP contribution is 2.39. The Morgan fingerprint density at radius 3 is 2.46 bits per heavy atom. The van der Waals surface area contributed by atoms with Gasteiger partial charge in [0.1, 0.15) is 5.54 Å². The van der Waals surface area contributed by atoms with E-state index in [-0.39, 0.29) is 24.2 Å². The monoisotopic (exact) mass is 347 g/mol. The Bertz CT molecular complexity index is 853. The second kappa shape index (κ2) is 7.40. The van der Waals surface area contributed by atoms with Crippen LogP contribution in [0.1, 0.15) is 35.7 Å². The third kappa shape index (κ3) is 4.09. The van der Waals surface area contributed by atoms with Gasteiger partial charge < -0.3 is 10.6 Å². The second-order valence-corrected chi connectivity index (χ2v) is 6.77. The van der Waals surface area contributed by atoms with Crippen LogP contribution in [0.5, 0.6) is 0 Å². The van der Waals surface area contributed by atoms with Gasteiger partial charge in [0.15, 0.2) is 5.78 Å². The first kappa shape index (κ1) is 17.7. The first-order chi connectivity index (χ1) is 12.5. The van der Waals surface area contributed by atoms with Crippen molar-refractivity contribution in [3.05, 3.63) is 65.7 Å². The highest BCUT2D eigenvalue weighted by atomic mass is 16.2. The van der Waals surface area contributed by atoms with Gasteiger partial charge in [-0.3, -0.25) is 9.59 Å². The van der Waals surface area contributed by atoms with Crippen molar-refractivity contribution in [3.63, 3.8) is 0 Å². The Kier molecular flexibility index (Phi) is 5.04. The number of nitrogens with zero attached hydrogens (tertiary/aromatic N) is 1. The van der Waals surface area contributed by atoms with Crippen molar-refractivity contribution in [1.29, 1.82) is 5.26 Å². The molecule has 1 saturated carbocycles. The highest BCUT2D eigenvalue weighted by Gasteiger charge is 2.42. The van der Waals surface area contributed by atoms with E-state index in [0.717, 1.165) is 12.8 Å². The van der Waals surface area contributed by atoms with Crippen molar-refractivity contribution in [2.24, 2.45) is 5.92 Å². The number of nitrogens with one attached hydrogen (secondary N) is 2. The van der Waals surface area contributed by atoms with E-state index in [2.05, 4.69) is 16.7 Å². The first-order valence-electron chi connectivity index (χ1n) is 8.68. The molecule has 1 aliphatic rings. The molecule has 1 fully saturated rings. The lowest BCUT2D eigenvalue weighted by atomic mass is 9.98. The van der Waals surface area contributed by atoms with Gasteiger partial charge in [-0.25, -0.2) is 0 Å². The average molecular weight is 347 g/mol. The van der Waals surface area contributed by atoms with Gasteiger partial charge in [-0.05, 0) is 37.8 Å². The molecule has 1 unspecified atom stereocenters. The molecule has 2 aromatic rings. The molecule has 0 bridgehead atoms. The zero-order chi connectivity index (χ0) is 18.6. The van der Waals surface area contributed by atoms with Gasteiger partial charge in [0.05, 0.1) is 12.6 Å². The van der Waals surface area contributed by atoms with Crippen molar-refractivity contribution in [3.8, 4) is 6.07 Å². The van der Waals surface area contributed by atoms with Gasteiger partial charge in [0.25, 0.3) is 0 Å². The van der Waals surface area contributed by atoms with Gasteiger partial charge in [-0.1, -0.05) is 42.5 Å². The maximum absolute atomic E-state index is 12.5. The third-order valence-corrected chi connectivity index (χ3v) is 4.64. The molecule has 2 N–H and O–H groups in total. The number of benzene rings is 2. The molecular weight excluding hydrogens is 326 g/mol. The summed E-state index contributed by atoms with van der Waals surface area (Å²) in [4.78, 5) is 24.7. The Morgan fingerprint density at radius 1 is 1.12 bits per heavy atom. The standard InChI is InChI=1S/C21H21N3O2/c1-21(14-22,17-10-11-17)24-19(25)13-23-18-9-5-8-16(12-18)20(26)15-6-3-2-4-7-15/h2-9,12,17,23H,10-11,13H2,1H3,(H,24,25). The SMILES string of the molecule is CC(C#N)(NC(=O)CNc1cccc(C(=O)c2ccccc2)c1)C1CC1. The summed E-state index contributed by atoms with van der Waals surface area (Å²) in [6.45, 7) is 1.81. The molecule has 1 amide bonds. The summed E-state index contributed by atoms with van der Waals surface area (Å²) in [6, 6.07) is 18.3. The van der Waals surface area contributed by atoms with Crippen molar-refractivity contribution in [2.75, 3.05) is 11.9 Å². The van der Waals surface area contributed by atoms with Crippen LogP contribution in [0.2, 0.25) is 0 Å². The molecule has 0 saturated heterocycles. The molecule has 3 rings (SSSR count). The van der Waals surface area contributed by atoms with Crippen LogP contribution in [-0.4, -0.2) is 23.8 Å². The fourth-order valence-electron chi connectivity index (χ4n) is 2.92. The lowest BCUT2D eigenvalue weighted by Crippen LogP contribution is -2.48. The summed E-state index contributed by atoms with van der Waals surface area (Å²) < 4.78 is 0. The molecule has 0 aromatic heterocycles. The number of rotatable bonds is 7. The van der Waals surface area contributed by atoms with Gasteiger partial charge in [0, 0.05) is 16.8 Å². The van der Waals surface area contributed by atoms with Gasteiger partial charge >= 0.3 is 0 Å². The van der Waals surface area contributed by atoms with Crippen LogP contribution < -0.4 is 10.6 Å². The molecule has 0 aliphatic heterocycles. The fraction of sp³-hybridized carbons (Fsp3) is 0.286. The zero-order valence-electron chi connectivity index (χ0n) is 14.7. The van der Waals surface area contributed by atoms with Crippen LogP contribution in [0.25, 0.3) is 0 Å². The summed E-state index contributed by atoms with van der Waals surface area (Å²) >= 11 is 0. The van der Waals surface area contributed by atoms with Gasteiger partial charge in [-0.15, -0.1) is 0 Å². The summed E-state index contributed by atoms with van der Waals surface area (Å²) in [7, 11) is 0. The molecule has 0 spiro atoms. The largest absolute Gasteiger partial charge is 0.376 e. The molecular formula is C21H21N3O2. The number of carbonyl (C=O) groups is 2. The number of ketones is 1. The van der Waals surface area contributed by atoms with Crippen molar-refractivity contribution in [2.45, 2.75) is 25.3 Å². The lowest BCUT2D eigenvalue weighted by Gasteiger charge is -2.23. The molecule has 5 nitrogen and oxygen atoms in total. The quantitative estimate of drug-likeness (QED) is 0.754. The molecule has 5 heteroatoms. The predicted molar refractivity (Wildman–Crippen MR) is 99.7 cm³/mol. The van der Waals surface area contributed by atoms with E-state index >= 15 is 0 Å². The number of anilines is 1. The fourth-order valence-corrected chi connectivity index (χ4v) is 2.92. The van der Waals surface area contributed by atoms with E-state index in [0.29, 0.717) is 16.8 Å². The minimum absolute atomic E-state index is 0.0486. The van der Waals surface area contributed by atoms with Crippen LogP contribution in [0.15, 0.2) is 54.6 Å². The number of nitriles is 1. The van der Waals surface area contributed by atoms with E-state index in [4.69, 9.17) is 0 Å². The Hall–Kier alpha value is -3.13.